The first-order chi connectivity index (χ1) is 13.1. The summed E-state index contributed by atoms with van der Waals surface area (Å²) in [6.45, 7) is 2.48. The Labute approximate surface area is 162 Å². The van der Waals surface area contributed by atoms with E-state index in [-0.39, 0.29) is 11.8 Å². The maximum Gasteiger partial charge on any atom is 0.254 e. The highest BCUT2D eigenvalue weighted by Crippen LogP contribution is 2.13. The van der Waals surface area contributed by atoms with E-state index in [4.69, 9.17) is 11.6 Å². The maximum absolute atomic E-state index is 12.4. The average molecular weight is 383 g/mol. The molecule has 0 saturated heterocycles. The monoisotopic (exact) mass is 382 g/mol. The Balaban J connectivity index is 1.52. The van der Waals surface area contributed by atoms with Gasteiger partial charge in [-0.1, -0.05) is 29.8 Å². The number of carbonyl (C=O) groups is 2. The number of carbonyl (C=O) groups excluding carboxylic acids is 2. The predicted molar refractivity (Wildman–Crippen MR) is 104 cm³/mol. The van der Waals surface area contributed by atoms with Crippen LogP contribution in [0.4, 0.5) is 0 Å². The van der Waals surface area contributed by atoms with Crippen LogP contribution in [-0.2, 0) is 0 Å². The molecule has 0 spiro atoms. The van der Waals surface area contributed by atoms with Gasteiger partial charge < -0.3 is 10.6 Å². The first-order valence-electron chi connectivity index (χ1n) is 8.48. The van der Waals surface area contributed by atoms with Gasteiger partial charge in [-0.3, -0.25) is 9.59 Å². The van der Waals surface area contributed by atoms with Gasteiger partial charge in [0.1, 0.15) is 0 Å². The highest BCUT2D eigenvalue weighted by atomic mass is 35.5. The zero-order chi connectivity index (χ0) is 19.2. The van der Waals surface area contributed by atoms with E-state index in [1.54, 1.807) is 35.1 Å². The van der Waals surface area contributed by atoms with E-state index in [2.05, 4.69) is 15.7 Å². The van der Waals surface area contributed by atoms with E-state index in [0.717, 1.165) is 11.4 Å². The van der Waals surface area contributed by atoms with Crippen LogP contribution in [0, 0.1) is 6.92 Å². The molecule has 0 aliphatic rings. The minimum Gasteiger partial charge on any atom is -0.350 e. The number of aromatic nitrogens is 2. The lowest BCUT2D eigenvalue weighted by molar-refractivity contribution is 0.0927. The number of para-hydroxylation sites is 1. The first-order valence-corrected chi connectivity index (χ1v) is 8.86. The molecular weight excluding hydrogens is 364 g/mol. The van der Waals surface area contributed by atoms with Crippen LogP contribution in [0.2, 0.25) is 5.02 Å². The van der Waals surface area contributed by atoms with E-state index < -0.39 is 0 Å². The zero-order valence-electron chi connectivity index (χ0n) is 14.8. The summed E-state index contributed by atoms with van der Waals surface area (Å²) in [5.41, 5.74) is 2.67. The van der Waals surface area contributed by atoms with Crippen LogP contribution in [-0.4, -0.2) is 34.7 Å². The van der Waals surface area contributed by atoms with Gasteiger partial charge in [0.2, 0.25) is 0 Å². The third-order valence-electron chi connectivity index (χ3n) is 4.06. The van der Waals surface area contributed by atoms with Crippen molar-refractivity contribution < 1.29 is 9.59 Å². The molecule has 2 amide bonds. The summed E-state index contributed by atoms with van der Waals surface area (Å²) in [6.07, 6.45) is 1.55. The second-order valence-electron chi connectivity index (χ2n) is 5.91. The topological polar surface area (TPSA) is 76.0 Å². The third-order valence-corrected chi connectivity index (χ3v) is 4.31. The third kappa shape index (κ3) is 4.54. The van der Waals surface area contributed by atoms with Crippen LogP contribution in [0.3, 0.4) is 0 Å². The number of nitrogens with one attached hydrogen (secondary N) is 2. The van der Waals surface area contributed by atoms with Crippen molar-refractivity contribution in [3.63, 3.8) is 0 Å². The van der Waals surface area contributed by atoms with Crippen molar-refractivity contribution in [1.82, 2.24) is 20.4 Å². The summed E-state index contributed by atoms with van der Waals surface area (Å²) in [5.74, 6) is -0.440. The summed E-state index contributed by atoms with van der Waals surface area (Å²) in [6, 6.07) is 16.2. The standard InChI is InChI=1S/C20H19ClN4O2/c1-14-18(13-24-25(14)17-5-3-2-4-6-17)20(27)23-12-11-22-19(26)15-7-9-16(21)10-8-15/h2-10,13H,11-12H2,1H3,(H,22,26)(H,23,27). The van der Waals surface area contributed by atoms with Crippen molar-refractivity contribution in [3.8, 4) is 5.69 Å². The van der Waals surface area contributed by atoms with E-state index in [1.165, 1.54) is 0 Å². The quantitative estimate of drug-likeness (QED) is 0.643. The second-order valence-corrected chi connectivity index (χ2v) is 6.35. The average Bonchev–Trinajstić information content (AvgIpc) is 3.07. The Morgan fingerprint density at radius 3 is 2.26 bits per heavy atom. The minimum atomic E-state index is -0.226. The van der Waals surface area contributed by atoms with Crippen molar-refractivity contribution in [2.75, 3.05) is 13.1 Å². The van der Waals surface area contributed by atoms with Gasteiger partial charge >= 0.3 is 0 Å². The van der Waals surface area contributed by atoms with Gasteiger partial charge in [-0.15, -0.1) is 0 Å². The zero-order valence-corrected chi connectivity index (χ0v) is 15.5. The molecule has 2 N–H and O–H groups in total. The van der Waals surface area contributed by atoms with E-state index >= 15 is 0 Å². The van der Waals surface area contributed by atoms with Crippen LogP contribution in [0.1, 0.15) is 26.4 Å². The van der Waals surface area contributed by atoms with Crippen LogP contribution in [0.25, 0.3) is 5.69 Å². The number of benzene rings is 2. The lowest BCUT2D eigenvalue weighted by Crippen LogP contribution is -2.34. The first kappa shape index (κ1) is 18.7. The molecule has 0 atom stereocenters. The van der Waals surface area contributed by atoms with Crippen LogP contribution < -0.4 is 10.6 Å². The molecule has 6 nitrogen and oxygen atoms in total. The fourth-order valence-corrected chi connectivity index (χ4v) is 2.74. The summed E-state index contributed by atoms with van der Waals surface area (Å²) >= 11 is 5.80. The van der Waals surface area contributed by atoms with E-state index in [1.807, 2.05) is 37.3 Å². The van der Waals surface area contributed by atoms with Crippen molar-refractivity contribution in [1.29, 1.82) is 0 Å². The number of hydrogen-bond acceptors (Lipinski definition) is 3. The molecule has 1 heterocycles. The molecular formula is C20H19ClN4O2. The lowest BCUT2D eigenvalue weighted by Gasteiger charge is -2.08. The molecule has 0 unspecified atom stereocenters. The Morgan fingerprint density at radius 2 is 1.59 bits per heavy atom. The highest BCUT2D eigenvalue weighted by molar-refractivity contribution is 6.30. The largest absolute Gasteiger partial charge is 0.350 e. The summed E-state index contributed by atoms with van der Waals surface area (Å²) < 4.78 is 1.72. The molecule has 0 bridgehead atoms. The van der Waals surface area contributed by atoms with Gasteiger partial charge in [0.15, 0.2) is 0 Å². The Morgan fingerprint density at radius 1 is 0.963 bits per heavy atom. The van der Waals surface area contributed by atoms with Gasteiger partial charge in [0.25, 0.3) is 11.8 Å². The molecule has 0 saturated carbocycles. The van der Waals surface area contributed by atoms with Crippen molar-refractivity contribution in [2.24, 2.45) is 0 Å². The molecule has 7 heteroatoms. The van der Waals surface area contributed by atoms with Gasteiger partial charge in [0.05, 0.1) is 23.1 Å². The second kappa shape index (κ2) is 8.51. The van der Waals surface area contributed by atoms with Crippen LogP contribution in [0.15, 0.2) is 60.8 Å². The normalized spacial score (nSPS) is 10.4. The molecule has 2 aromatic carbocycles. The maximum atomic E-state index is 12.4. The molecule has 0 aliphatic heterocycles. The van der Waals surface area contributed by atoms with Gasteiger partial charge in [-0.05, 0) is 43.3 Å². The van der Waals surface area contributed by atoms with Crippen LogP contribution >= 0.6 is 11.6 Å². The predicted octanol–water partition coefficient (Wildman–Crippen LogP) is 2.99. The number of halogens is 1. The van der Waals surface area contributed by atoms with Crippen molar-refractivity contribution >= 4 is 23.4 Å². The fraction of sp³-hybridized carbons (Fsp3) is 0.150. The Bertz CT molecular complexity index is 936. The number of amides is 2. The summed E-state index contributed by atoms with van der Waals surface area (Å²) in [7, 11) is 0. The van der Waals surface area contributed by atoms with Gasteiger partial charge in [0, 0.05) is 23.7 Å². The van der Waals surface area contributed by atoms with Gasteiger partial charge in [-0.25, -0.2) is 4.68 Å². The molecule has 3 rings (SSSR count). The number of nitrogens with zero attached hydrogens (tertiary/aromatic N) is 2. The summed E-state index contributed by atoms with van der Waals surface area (Å²) in [5, 5.41) is 10.4. The number of rotatable bonds is 6. The van der Waals surface area contributed by atoms with E-state index in [0.29, 0.717) is 29.2 Å². The highest BCUT2D eigenvalue weighted by Gasteiger charge is 2.14. The molecule has 3 aromatic rings. The van der Waals surface area contributed by atoms with Crippen molar-refractivity contribution in [3.05, 3.63) is 82.6 Å². The smallest absolute Gasteiger partial charge is 0.254 e. The summed E-state index contributed by atoms with van der Waals surface area (Å²) in [4.78, 5) is 24.4. The Kier molecular flexibility index (Phi) is 5.88. The van der Waals surface area contributed by atoms with Crippen molar-refractivity contribution in [2.45, 2.75) is 6.92 Å². The van der Waals surface area contributed by atoms with E-state index in [9.17, 15) is 9.59 Å². The lowest BCUT2D eigenvalue weighted by atomic mass is 10.2. The molecule has 138 valence electrons. The van der Waals surface area contributed by atoms with Gasteiger partial charge in [-0.2, -0.15) is 5.10 Å². The molecule has 0 aliphatic carbocycles. The minimum absolute atomic E-state index is 0.214. The molecule has 1 aromatic heterocycles. The fourth-order valence-electron chi connectivity index (χ4n) is 2.61. The SMILES string of the molecule is Cc1c(C(=O)NCCNC(=O)c2ccc(Cl)cc2)cnn1-c1ccccc1. The van der Waals surface area contributed by atoms with Crippen LogP contribution in [0.5, 0.6) is 0 Å². The molecule has 27 heavy (non-hydrogen) atoms. The Hall–Kier alpha value is -3.12. The number of hydrogen-bond donors (Lipinski definition) is 2. The molecule has 0 radical (unpaired) electrons. The molecule has 0 fully saturated rings.